The Morgan fingerprint density at radius 1 is 0.429 bits per heavy atom. The molecule has 6 nitrogen and oxygen atoms in total. The van der Waals surface area contributed by atoms with Gasteiger partial charge >= 0.3 is 215 Å². The average molecular weight is 537 g/mol. The predicted octanol–water partition coefficient (Wildman–Crippen LogP) is 5.49. The van der Waals surface area contributed by atoms with E-state index >= 15 is 0 Å². The van der Waals surface area contributed by atoms with Crippen molar-refractivity contribution in [2.45, 2.75) is 4.18 Å². The van der Waals surface area contributed by atoms with Crippen molar-refractivity contribution < 1.29 is 19.8 Å². The second-order valence-electron chi connectivity index (χ2n) is 8.11. The quantitative estimate of drug-likeness (QED) is 0.264. The average Bonchev–Trinajstić information content (AvgIpc) is 3.71. The molecule has 0 N–H and O–H groups in total. The summed E-state index contributed by atoms with van der Waals surface area (Å²) in [4.78, 5) is 0. The van der Waals surface area contributed by atoms with Crippen LogP contribution in [0.1, 0.15) is 0 Å². The molecule has 0 aliphatic rings. The fourth-order valence-corrected chi connectivity index (χ4v) is 4.81. The molecule has 6 aromatic rings. The molecule has 0 spiro atoms. The molecule has 0 amide bonds. The van der Waals surface area contributed by atoms with Gasteiger partial charge in [0.2, 0.25) is 0 Å². The molecule has 7 heteroatoms. The molecule has 3 heterocycles. The van der Waals surface area contributed by atoms with E-state index in [4.69, 9.17) is 15.3 Å². The summed E-state index contributed by atoms with van der Waals surface area (Å²) in [6, 6.07) is 36.6. The summed E-state index contributed by atoms with van der Waals surface area (Å²) in [5, 5.41) is 14.9. The van der Waals surface area contributed by atoms with Gasteiger partial charge in [0.15, 0.2) is 0 Å². The predicted molar refractivity (Wildman–Crippen MR) is 132 cm³/mol. The molecule has 6 rings (SSSR count). The minimum absolute atomic E-state index is 0.844. The Labute approximate surface area is 214 Å². The number of hydrogen-bond donors (Lipinski definition) is 0. The van der Waals surface area contributed by atoms with Crippen LogP contribution in [0.3, 0.4) is 0 Å². The summed E-state index contributed by atoms with van der Waals surface area (Å²) in [5.74, 6) is 0. The molecule has 35 heavy (non-hydrogen) atoms. The van der Waals surface area contributed by atoms with Gasteiger partial charge in [-0.1, -0.05) is 0 Å². The second-order valence-corrected chi connectivity index (χ2v) is 9.45. The van der Waals surface area contributed by atoms with Crippen molar-refractivity contribution in [3.63, 3.8) is 0 Å². The molecule has 3 aromatic heterocycles. The van der Waals surface area contributed by atoms with Crippen molar-refractivity contribution in [2.24, 2.45) is 0 Å². The summed E-state index contributed by atoms with van der Waals surface area (Å²) in [7, 11) is 0. The van der Waals surface area contributed by atoms with E-state index in [1.807, 2.05) is 125 Å². The SMILES string of the molecule is [Mo][C](n1ccc(-c2ccccc2)n1)(n1ccc(-c2ccccc2)n1)n1ccc(-c2ccccc2)n1. The molecule has 0 saturated heterocycles. The summed E-state index contributed by atoms with van der Waals surface area (Å²) < 4.78 is 4.92. The monoisotopic (exact) mass is 539 g/mol. The number of nitrogens with zero attached hydrogens (tertiary/aromatic N) is 6. The van der Waals surface area contributed by atoms with Gasteiger partial charge in [0.25, 0.3) is 0 Å². The van der Waals surface area contributed by atoms with Crippen LogP contribution < -0.4 is 0 Å². The van der Waals surface area contributed by atoms with E-state index in [0.717, 1.165) is 33.8 Å². The first-order chi connectivity index (χ1) is 17.2. The Morgan fingerprint density at radius 2 is 0.714 bits per heavy atom. The second kappa shape index (κ2) is 8.97. The topological polar surface area (TPSA) is 53.5 Å². The Kier molecular flexibility index (Phi) is 5.51. The fourth-order valence-electron chi connectivity index (χ4n) is 4.06. The first-order valence-corrected chi connectivity index (χ1v) is 12.3. The first kappa shape index (κ1) is 21.5. The molecule has 0 bridgehead atoms. The molecule has 0 saturated carbocycles. The van der Waals surface area contributed by atoms with Crippen LogP contribution in [0.5, 0.6) is 0 Å². The zero-order valence-electron chi connectivity index (χ0n) is 18.7. The standard InChI is InChI=1S/C28H21N6.Mo/c1-4-10-22(11-5-1)25-16-19-32(29-25)28(33-20-17-26(30-33)23-12-6-2-7-13-23)34-21-18-27(31-34)24-14-8-3-9-15-24;/h1-21H;. The fraction of sp³-hybridized carbons (Fsp3) is 0.0357. The van der Waals surface area contributed by atoms with Gasteiger partial charge in [0.1, 0.15) is 0 Å². The van der Waals surface area contributed by atoms with Crippen LogP contribution in [-0.2, 0) is 24.0 Å². The molecular formula is C28H21MoN6. The van der Waals surface area contributed by atoms with Crippen molar-refractivity contribution in [1.82, 2.24) is 29.3 Å². The van der Waals surface area contributed by atoms with E-state index in [9.17, 15) is 0 Å². The van der Waals surface area contributed by atoms with Gasteiger partial charge < -0.3 is 0 Å². The Morgan fingerprint density at radius 3 is 1.00 bits per heavy atom. The maximum atomic E-state index is 4.97. The maximum absolute atomic E-state index is 4.97. The number of rotatable bonds is 6. The molecule has 0 aliphatic carbocycles. The van der Waals surface area contributed by atoms with Gasteiger partial charge in [-0.2, -0.15) is 0 Å². The summed E-state index contributed by atoms with van der Waals surface area (Å²) >= 11 is 1.97. The third kappa shape index (κ3) is 3.96. The zero-order chi connectivity index (χ0) is 23.7. The third-order valence-electron chi connectivity index (χ3n) is 5.87. The van der Waals surface area contributed by atoms with Crippen LogP contribution in [-0.4, -0.2) is 29.3 Å². The molecule has 0 aliphatic heterocycles. The molecular weight excluding hydrogens is 516 g/mol. The number of hydrogen-bond acceptors (Lipinski definition) is 3. The van der Waals surface area contributed by atoms with E-state index in [-0.39, 0.29) is 0 Å². The summed E-state index contributed by atoms with van der Waals surface area (Å²) in [5.41, 5.74) is 5.86. The third-order valence-corrected chi connectivity index (χ3v) is 7.25. The van der Waals surface area contributed by atoms with Gasteiger partial charge in [-0.15, -0.1) is 0 Å². The molecule has 169 valence electrons. The van der Waals surface area contributed by atoms with E-state index in [1.54, 1.807) is 0 Å². The van der Waals surface area contributed by atoms with Gasteiger partial charge in [0, 0.05) is 0 Å². The summed E-state index contributed by atoms with van der Waals surface area (Å²) in [6.45, 7) is 0. The number of aromatic nitrogens is 6. The van der Waals surface area contributed by atoms with Crippen molar-refractivity contribution in [3.8, 4) is 33.8 Å². The molecule has 0 atom stereocenters. The van der Waals surface area contributed by atoms with Gasteiger partial charge in [-0.3, -0.25) is 0 Å². The van der Waals surface area contributed by atoms with E-state index in [0.29, 0.717) is 0 Å². The van der Waals surface area contributed by atoms with Gasteiger partial charge in [-0.05, 0) is 0 Å². The van der Waals surface area contributed by atoms with Crippen LogP contribution in [0, 0.1) is 0 Å². The van der Waals surface area contributed by atoms with E-state index in [1.165, 1.54) is 0 Å². The zero-order valence-corrected chi connectivity index (χ0v) is 20.7. The normalized spacial score (nSPS) is 11.5. The Hall–Kier alpha value is -4.02. The van der Waals surface area contributed by atoms with Crippen LogP contribution in [0.4, 0.5) is 0 Å². The van der Waals surface area contributed by atoms with Crippen LogP contribution >= 0.6 is 0 Å². The van der Waals surface area contributed by atoms with Crippen molar-refractivity contribution in [2.75, 3.05) is 0 Å². The van der Waals surface area contributed by atoms with Crippen LogP contribution in [0.25, 0.3) is 33.8 Å². The van der Waals surface area contributed by atoms with Crippen LogP contribution in [0.2, 0.25) is 0 Å². The molecule has 3 aromatic carbocycles. The molecule has 0 radical (unpaired) electrons. The molecule has 0 fully saturated rings. The minimum atomic E-state index is -0.844. The van der Waals surface area contributed by atoms with E-state index < -0.39 is 4.18 Å². The summed E-state index contributed by atoms with van der Waals surface area (Å²) in [6.07, 6.45) is 5.95. The van der Waals surface area contributed by atoms with Gasteiger partial charge in [0.05, 0.1) is 0 Å². The van der Waals surface area contributed by atoms with Crippen molar-refractivity contribution in [1.29, 1.82) is 0 Å². The number of benzene rings is 3. The first-order valence-electron chi connectivity index (χ1n) is 11.3. The van der Waals surface area contributed by atoms with Gasteiger partial charge in [-0.25, -0.2) is 0 Å². The molecule has 0 unspecified atom stereocenters. The van der Waals surface area contributed by atoms with E-state index in [2.05, 4.69) is 36.4 Å². The van der Waals surface area contributed by atoms with Crippen molar-refractivity contribution in [3.05, 3.63) is 128 Å². The Bertz CT molecular complexity index is 1360. The van der Waals surface area contributed by atoms with Crippen LogP contribution in [0.15, 0.2) is 128 Å². The van der Waals surface area contributed by atoms with Crippen molar-refractivity contribution >= 4 is 0 Å². The Balaban J connectivity index is 1.48.